The van der Waals surface area contributed by atoms with E-state index >= 15 is 0 Å². The molecule has 166 valence electrons. The number of rotatable bonds is 8. The van der Waals surface area contributed by atoms with Gasteiger partial charge in [0.25, 0.3) is 0 Å². The highest BCUT2D eigenvalue weighted by Gasteiger charge is 2.39. The lowest BCUT2D eigenvalue weighted by atomic mass is 10.1. The van der Waals surface area contributed by atoms with Crippen molar-refractivity contribution in [3.8, 4) is 0 Å². The maximum absolute atomic E-state index is 13.2. The Balaban J connectivity index is 1.56. The fourth-order valence-corrected chi connectivity index (χ4v) is 4.70. The van der Waals surface area contributed by atoms with E-state index < -0.39 is 11.2 Å². The summed E-state index contributed by atoms with van der Waals surface area (Å²) in [6.45, 7) is 0.442. The second kappa shape index (κ2) is 10.3. The molecule has 1 amide bonds. The summed E-state index contributed by atoms with van der Waals surface area (Å²) in [5, 5.41) is 9.07. The molecule has 0 aliphatic carbocycles. The minimum Gasteiger partial charge on any atom is -0.478 e. The zero-order valence-electron chi connectivity index (χ0n) is 17.8. The summed E-state index contributed by atoms with van der Waals surface area (Å²) in [5.41, 5.74) is 2.40. The van der Waals surface area contributed by atoms with Gasteiger partial charge in [-0.3, -0.25) is 14.5 Å². The van der Waals surface area contributed by atoms with Crippen molar-refractivity contribution in [2.45, 2.75) is 18.1 Å². The van der Waals surface area contributed by atoms with E-state index in [2.05, 4.69) is 4.99 Å². The van der Waals surface area contributed by atoms with Crippen molar-refractivity contribution in [3.05, 3.63) is 102 Å². The third-order valence-electron chi connectivity index (χ3n) is 5.29. The molecule has 1 heterocycles. The Hall–Kier alpha value is -3.71. The van der Waals surface area contributed by atoms with Crippen molar-refractivity contribution in [3.63, 3.8) is 0 Å². The Morgan fingerprint density at radius 3 is 2.15 bits per heavy atom. The van der Waals surface area contributed by atoms with Crippen LogP contribution in [-0.4, -0.2) is 44.6 Å². The Kier molecular flexibility index (Phi) is 7.00. The van der Waals surface area contributed by atoms with Gasteiger partial charge < -0.3 is 5.11 Å². The fraction of sp³-hybridized carbons (Fsp3) is 0.154. The van der Waals surface area contributed by atoms with Crippen molar-refractivity contribution in [1.82, 2.24) is 4.90 Å². The normalized spacial score (nSPS) is 16.8. The Bertz CT molecular complexity index is 1180. The van der Waals surface area contributed by atoms with Crippen LogP contribution in [0.4, 0.5) is 5.69 Å². The molecule has 0 aromatic heterocycles. The Labute approximate surface area is 196 Å². The van der Waals surface area contributed by atoms with E-state index in [1.54, 1.807) is 41.3 Å². The molecule has 0 bridgehead atoms. The van der Waals surface area contributed by atoms with Gasteiger partial charge in [0.05, 0.1) is 16.5 Å². The van der Waals surface area contributed by atoms with Crippen molar-refractivity contribution < 1.29 is 19.5 Å². The summed E-state index contributed by atoms with van der Waals surface area (Å²) in [4.78, 5) is 43.3. The molecule has 33 heavy (non-hydrogen) atoms. The molecule has 3 aromatic rings. The number of carboxylic acids is 1. The molecular formula is C26H22N2O4S. The van der Waals surface area contributed by atoms with Crippen LogP contribution in [0.15, 0.2) is 89.9 Å². The van der Waals surface area contributed by atoms with Crippen molar-refractivity contribution in [2.24, 2.45) is 4.99 Å². The molecule has 1 N–H and O–H groups in total. The lowest BCUT2D eigenvalue weighted by Gasteiger charge is -2.16. The number of benzene rings is 3. The van der Waals surface area contributed by atoms with Gasteiger partial charge in [-0.2, -0.15) is 0 Å². The number of carbonyl (C=O) groups is 3. The van der Waals surface area contributed by atoms with Crippen LogP contribution >= 0.6 is 11.8 Å². The quantitative estimate of drug-likeness (QED) is 0.489. The third-order valence-corrected chi connectivity index (χ3v) is 6.47. The Morgan fingerprint density at radius 2 is 1.52 bits per heavy atom. The number of hydrogen-bond acceptors (Lipinski definition) is 5. The largest absolute Gasteiger partial charge is 0.478 e. The van der Waals surface area contributed by atoms with Crippen LogP contribution in [0.1, 0.15) is 32.7 Å². The zero-order chi connectivity index (χ0) is 23.2. The van der Waals surface area contributed by atoms with Crippen LogP contribution in [0.5, 0.6) is 0 Å². The van der Waals surface area contributed by atoms with Crippen LogP contribution in [0.25, 0.3) is 0 Å². The van der Waals surface area contributed by atoms with E-state index in [0.29, 0.717) is 29.4 Å². The van der Waals surface area contributed by atoms with Gasteiger partial charge in [0.15, 0.2) is 11.0 Å². The van der Waals surface area contributed by atoms with Gasteiger partial charge in [-0.1, -0.05) is 72.4 Å². The second-order valence-electron chi connectivity index (χ2n) is 7.57. The van der Waals surface area contributed by atoms with E-state index in [4.69, 9.17) is 5.11 Å². The van der Waals surface area contributed by atoms with Crippen molar-refractivity contribution >= 4 is 40.3 Å². The fourth-order valence-electron chi connectivity index (χ4n) is 3.52. The SMILES string of the molecule is O=C(O)c1ccc(N=C2SC(CC(=O)c3ccccc3)C(=O)N2CCc2ccccc2)cc1. The number of amidine groups is 1. The van der Waals surface area contributed by atoms with Gasteiger partial charge in [-0.05, 0) is 36.2 Å². The average Bonchev–Trinajstić information content (AvgIpc) is 3.12. The average molecular weight is 459 g/mol. The molecule has 1 fully saturated rings. The maximum atomic E-state index is 13.2. The molecule has 1 atom stereocenters. The summed E-state index contributed by atoms with van der Waals surface area (Å²) in [5.74, 6) is -1.23. The van der Waals surface area contributed by atoms with Crippen molar-refractivity contribution in [2.75, 3.05) is 6.54 Å². The number of carboxylic acid groups (broad SMARTS) is 1. The second-order valence-corrected chi connectivity index (χ2v) is 8.74. The predicted octanol–water partition coefficient (Wildman–Crippen LogP) is 4.83. The van der Waals surface area contributed by atoms with E-state index in [1.807, 2.05) is 36.4 Å². The summed E-state index contributed by atoms with van der Waals surface area (Å²) in [6, 6.07) is 25.0. The van der Waals surface area contributed by atoms with Crippen molar-refractivity contribution in [1.29, 1.82) is 0 Å². The Morgan fingerprint density at radius 1 is 0.879 bits per heavy atom. The molecule has 1 aliphatic heterocycles. The molecule has 0 spiro atoms. The van der Waals surface area contributed by atoms with Crippen LogP contribution in [0, 0.1) is 0 Å². The number of Topliss-reactive ketones (excluding diaryl/α,β-unsaturated/α-hetero) is 1. The summed E-state index contributed by atoms with van der Waals surface area (Å²) in [7, 11) is 0. The minimum absolute atomic E-state index is 0.0866. The first-order valence-electron chi connectivity index (χ1n) is 10.5. The summed E-state index contributed by atoms with van der Waals surface area (Å²) in [6.07, 6.45) is 0.746. The molecule has 3 aromatic carbocycles. The van der Waals surface area contributed by atoms with Gasteiger partial charge >= 0.3 is 5.97 Å². The topological polar surface area (TPSA) is 87.0 Å². The van der Waals surface area contributed by atoms with Gasteiger partial charge in [0.1, 0.15) is 0 Å². The van der Waals surface area contributed by atoms with E-state index in [9.17, 15) is 14.4 Å². The number of amides is 1. The first-order valence-corrected chi connectivity index (χ1v) is 11.4. The van der Waals surface area contributed by atoms with Gasteiger partial charge in [-0.15, -0.1) is 0 Å². The monoisotopic (exact) mass is 458 g/mol. The lowest BCUT2D eigenvalue weighted by Crippen LogP contribution is -2.34. The maximum Gasteiger partial charge on any atom is 0.335 e. The number of thioether (sulfide) groups is 1. The molecule has 4 rings (SSSR count). The molecule has 7 heteroatoms. The molecule has 6 nitrogen and oxygen atoms in total. The van der Waals surface area contributed by atoms with Gasteiger partial charge in [0, 0.05) is 18.5 Å². The molecule has 1 unspecified atom stereocenters. The minimum atomic E-state index is -1.01. The number of aliphatic imine (C=N–C) groups is 1. The number of hydrogen-bond donors (Lipinski definition) is 1. The summed E-state index contributed by atoms with van der Waals surface area (Å²) >= 11 is 1.28. The molecule has 0 saturated carbocycles. The van der Waals surface area contributed by atoms with Crippen LogP contribution in [0.3, 0.4) is 0 Å². The smallest absolute Gasteiger partial charge is 0.335 e. The number of aromatic carboxylic acids is 1. The van der Waals surface area contributed by atoms with E-state index in [-0.39, 0.29) is 23.7 Å². The number of ketones is 1. The summed E-state index contributed by atoms with van der Waals surface area (Å²) < 4.78 is 0. The molecule has 1 aliphatic rings. The van der Waals surface area contributed by atoms with Crippen LogP contribution < -0.4 is 0 Å². The first kappa shape index (κ1) is 22.5. The molecular weight excluding hydrogens is 436 g/mol. The van der Waals surface area contributed by atoms with E-state index in [1.165, 1.54) is 23.9 Å². The van der Waals surface area contributed by atoms with Gasteiger partial charge in [0.2, 0.25) is 5.91 Å². The van der Waals surface area contributed by atoms with E-state index in [0.717, 1.165) is 5.56 Å². The molecule has 1 saturated heterocycles. The van der Waals surface area contributed by atoms with Crippen LogP contribution in [-0.2, 0) is 11.2 Å². The number of nitrogens with zero attached hydrogens (tertiary/aromatic N) is 2. The first-order chi connectivity index (χ1) is 16.0. The highest BCUT2D eigenvalue weighted by Crippen LogP contribution is 2.32. The lowest BCUT2D eigenvalue weighted by molar-refractivity contribution is -0.126. The highest BCUT2D eigenvalue weighted by atomic mass is 32.2. The highest BCUT2D eigenvalue weighted by molar-refractivity contribution is 8.15. The van der Waals surface area contributed by atoms with Crippen LogP contribution in [0.2, 0.25) is 0 Å². The molecule has 0 radical (unpaired) electrons. The van der Waals surface area contributed by atoms with Gasteiger partial charge in [-0.25, -0.2) is 9.79 Å². The third kappa shape index (κ3) is 5.56. The zero-order valence-corrected chi connectivity index (χ0v) is 18.6. The predicted molar refractivity (Wildman–Crippen MR) is 129 cm³/mol. The number of carbonyl (C=O) groups excluding carboxylic acids is 2. The standard InChI is InChI=1S/C26H22N2O4S/c29-22(19-9-5-2-6-10-19)17-23-24(30)28(16-15-18-7-3-1-4-8-18)26(33-23)27-21-13-11-20(12-14-21)25(31)32/h1-14,23H,15-17H2,(H,31,32).